The number of nitrogens with zero attached hydrogens (tertiary/aromatic N) is 1. The largest absolute Gasteiger partial charge is 0.354 e. The third-order valence-corrected chi connectivity index (χ3v) is 4.13. The molecule has 0 aromatic heterocycles. The maximum Gasteiger partial charge on any atom is 0.242 e. The first-order chi connectivity index (χ1) is 9.90. The number of carbonyl (C=O) groups is 2. The predicted octanol–water partition coefficient (Wildman–Crippen LogP) is 1.39. The van der Waals surface area contributed by atoms with E-state index in [-0.39, 0.29) is 17.7 Å². The van der Waals surface area contributed by atoms with Crippen LogP contribution in [-0.4, -0.2) is 48.9 Å². The second kappa shape index (κ2) is 9.03. The summed E-state index contributed by atoms with van der Waals surface area (Å²) in [5.74, 6) is 0.710. The number of likely N-dealkylation sites (tertiary alicyclic amines) is 1. The van der Waals surface area contributed by atoms with Crippen LogP contribution in [0.1, 0.15) is 47.0 Å². The molecule has 2 amide bonds. The molecule has 0 saturated carbocycles. The summed E-state index contributed by atoms with van der Waals surface area (Å²) in [4.78, 5) is 25.7. The van der Waals surface area contributed by atoms with Crippen molar-refractivity contribution in [3.8, 4) is 0 Å². The summed E-state index contributed by atoms with van der Waals surface area (Å²) in [6, 6.07) is -0.432. The molecule has 1 aliphatic rings. The third-order valence-electron chi connectivity index (χ3n) is 4.13. The van der Waals surface area contributed by atoms with Crippen molar-refractivity contribution in [1.82, 2.24) is 15.5 Å². The number of rotatable bonds is 7. The molecule has 122 valence electrons. The van der Waals surface area contributed by atoms with E-state index in [2.05, 4.69) is 22.5 Å². The lowest BCUT2D eigenvalue weighted by atomic mass is 9.99. The molecule has 1 saturated heterocycles. The Bertz CT molecular complexity index is 336. The summed E-state index contributed by atoms with van der Waals surface area (Å²) in [6.07, 6.45) is 3.53. The molecule has 1 heterocycles. The standard InChI is InChI=1S/C16H31N3O2/c1-12(2)15(18-14(4)20)16(21)17-8-5-9-19-10-6-13(3)7-11-19/h12-13,15H,5-11H2,1-4H3,(H,17,21)(H,18,20)/t15-/m0/s1. The summed E-state index contributed by atoms with van der Waals surface area (Å²) >= 11 is 0. The van der Waals surface area contributed by atoms with Gasteiger partial charge in [-0.25, -0.2) is 0 Å². The van der Waals surface area contributed by atoms with Gasteiger partial charge in [-0.05, 0) is 50.7 Å². The fourth-order valence-electron chi connectivity index (χ4n) is 2.66. The van der Waals surface area contributed by atoms with Gasteiger partial charge in [0, 0.05) is 13.5 Å². The van der Waals surface area contributed by atoms with Crippen LogP contribution in [0.2, 0.25) is 0 Å². The summed E-state index contributed by atoms with van der Waals surface area (Å²) in [5, 5.41) is 5.65. The smallest absolute Gasteiger partial charge is 0.242 e. The van der Waals surface area contributed by atoms with E-state index < -0.39 is 6.04 Å². The lowest BCUT2D eigenvalue weighted by Crippen LogP contribution is -2.49. The molecule has 1 atom stereocenters. The van der Waals surface area contributed by atoms with Gasteiger partial charge >= 0.3 is 0 Å². The third kappa shape index (κ3) is 6.93. The van der Waals surface area contributed by atoms with Crippen LogP contribution in [0.15, 0.2) is 0 Å². The minimum absolute atomic E-state index is 0.0764. The molecule has 21 heavy (non-hydrogen) atoms. The fraction of sp³-hybridized carbons (Fsp3) is 0.875. The van der Waals surface area contributed by atoms with Crippen molar-refractivity contribution in [2.75, 3.05) is 26.2 Å². The number of piperidine rings is 1. The van der Waals surface area contributed by atoms with Gasteiger partial charge in [-0.3, -0.25) is 9.59 Å². The second-order valence-corrected chi connectivity index (χ2v) is 6.59. The van der Waals surface area contributed by atoms with Crippen LogP contribution in [0.5, 0.6) is 0 Å². The molecule has 5 nitrogen and oxygen atoms in total. The van der Waals surface area contributed by atoms with Gasteiger partial charge < -0.3 is 15.5 Å². The average Bonchev–Trinajstić information content (AvgIpc) is 2.42. The van der Waals surface area contributed by atoms with Gasteiger partial charge in [0.15, 0.2) is 0 Å². The maximum atomic E-state index is 12.1. The first-order valence-corrected chi connectivity index (χ1v) is 8.17. The highest BCUT2D eigenvalue weighted by molar-refractivity contribution is 5.86. The van der Waals surface area contributed by atoms with Crippen LogP contribution in [0.4, 0.5) is 0 Å². The van der Waals surface area contributed by atoms with E-state index in [1.807, 2.05) is 13.8 Å². The minimum atomic E-state index is -0.432. The molecule has 0 radical (unpaired) electrons. The quantitative estimate of drug-likeness (QED) is 0.698. The zero-order valence-corrected chi connectivity index (χ0v) is 13.9. The van der Waals surface area contributed by atoms with Gasteiger partial charge in [-0.15, -0.1) is 0 Å². The maximum absolute atomic E-state index is 12.1. The van der Waals surface area contributed by atoms with E-state index in [0.717, 1.165) is 18.9 Å². The van der Waals surface area contributed by atoms with E-state index in [1.54, 1.807) is 0 Å². The van der Waals surface area contributed by atoms with Gasteiger partial charge in [0.2, 0.25) is 11.8 Å². The molecule has 0 unspecified atom stereocenters. The van der Waals surface area contributed by atoms with E-state index in [9.17, 15) is 9.59 Å². The Balaban J connectivity index is 2.21. The molecule has 1 fully saturated rings. The van der Waals surface area contributed by atoms with Crippen LogP contribution in [0.3, 0.4) is 0 Å². The number of amides is 2. The van der Waals surface area contributed by atoms with Crippen molar-refractivity contribution in [3.05, 3.63) is 0 Å². The van der Waals surface area contributed by atoms with Crippen LogP contribution >= 0.6 is 0 Å². The fourth-order valence-corrected chi connectivity index (χ4v) is 2.66. The van der Waals surface area contributed by atoms with Gasteiger partial charge in [0.05, 0.1) is 0 Å². The van der Waals surface area contributed by atoms with Crippen molar-refractivity contribution in [2.24, 2.45) is 11.8 Å². The Hall–Kier alpha value is -1.10. The van der Waals surface area contributed by atoms with Gasteiger partial charge in [-0.1, -0.05) is 20.8 Å². The summed E-state index contributed by atoms with van der Waals surface area (Å²) < 4.78 is 0. The van der Waals surface area contributed by atoms with E-state index in [1.165, 1.54) is 32.9 Å². The molecule has 0 aliphatic carbocycles. The highest BCUT2D eigenvalue weighted by Crippen LogP contribution is 2.15. The highest BCUT2D eigenvalue weighted by Gasteiger charge is 2.22. The molecule has 5 heteroatoms. The average molecular weight is 297 g/mol. The molecule has 2 N–H and O–H groups in total. The van der Waals surface area contributed by atoms with E-state index >= 15 is 0 Å². The Morgan fingerprint density at radius 2 is 1.86 bits per heavy atom. The zero-order chi connectivity index (χ0) is 15.8. The molecule has 1 rings (SSSR count). The van der Waals surface area contributed by atoms with Crippen molar-refractivity contribution < 1.29 is 9.59 Å². The first-order valence-electron chi connectivity index (χ1n) is 8.17. The Morgan fingerprint density at radius 1 is 1.24 bits per heavy atom. The van der Waals surface area contributed by atoms with Crippen LogP contribution in [0.25, 0.3) is 0 Å². The lowest BCUT2D eigenvalue weighted by molar-refractivity contribution is -0.129. The van der Waals surface area contributed by atoms with Crippen molar-refractivity contribution in [3.63, 3.8) is 0 Å². The highest BCUT2D eigenvalue weighted by atomic mass is 16.2. The summed E-state index contributed by atoms with van der Waals surface area (Å²) in [6.45, 7) is 11.7. The Labute approximate surface area is 128 Å². The molecular formula is C16H31N3O2. The van der Waals surface area contributed by atoms with Gasteiger partial charge in [0.25, 0.3) is 0 Å². The van der Waals surface area contributed by atoms with Crippen molar-refractivity contribution >= 4 is 11.8 Å². The zero-order valence-electron chi connectivity index (χ0n) is 13.9. The monoisotopic (exact) mass is 297 g/mol. The Morgan fingerprint density at radius 3 is 2.38 bits per heavy atom. The van der Waals surface area contributed by atoms with Crippen LogP contribution < -0.4 is 10.6 Å². The second-order valence-electron chi connectivity index (χ2n) is 6.59. The molecular weight excluding hydrogens is 266 g/mol. The van der Waals surface area contributed by atoms with Gasteiger partial charge in [0.1, 0.15) is 6.04 Å². The molecule has 0 spiro atoms. The molecule has 0 aromatic rings. The SMILES string of the molecule is CC(=O)N[C@H](C(=O)NCCCN1CCC(C)CC1)C(C)C. The molecule has 1 aliphatic heterocycles. The number of hydrogen-bond donors (Lipinski definition) is 2. The Kier molecular flexibility index (Phi) is 7.72. The molecule has 0 aromatic carbocycles. The summed E-state index contributed by atoms with van der Waals surface area (Å²) in [5.41, 5.74) is 0. The van der Waals surface area contributed by atoms with Crippen molar-refractivity contribution in [1.29, 1.82) is 0 Å². The number of hydrogen-bond acceptors (Lipinski definition) is 3. The van der Waals surface area contributed by atoms with E-state index in [4.69, 9.17) is 0 Å². The number of nitrogens with one attached hydrogen (secondary N) is 2. The van der Waals surface area contributed by atoms with E-state index in [0.29, 0.717) is 6.54 Å². The minimum Gasteiger partial charge on any atom is -0.354 e. The topological polar surface area (TPSA) is 61.4 Å². The van der Waals surface area contributed by atoms with Gasteiger partial charge in [-0.2, -0.15) is 0 Å². The van der Waals surface area contributed by atoms with Crippen LogP contribution in [0, 0.1) is 11.8 Å². The predicted molar refractivity (Wildman–Crippen MR) is 84.9 cm³/mol. The number of carbonyl (C=O) groups excluding carboxylic acids is 2. The van der Waals surface area contributed by atoms with Crippen LogP contribution in [-0.2, 0) is 9.59 Å². The molecule has 0 bridgehead atoms. The summed E-state index contributed by atoms with van der Waals surface area (Å²) in [7, 11) is 0. The van der Waals surface area contributed by atoms with Crippen molar-refractivity contribution in [2.45, 2.75) is 53.0 Å². The normalized spacial score (nSPS) is 18.5. The lowest BCUT2D eigenvalue weighted by Gasteiger charge is -2.30. The first kappa shape index (κ1) is 18.0.